The molecule has 1 aliphatic rings. The van der Waals surface area contributed by atoms with Gasteiger partial charge in [0.15, 0.2) is 0 Å². The molecule has 30 heavy (non-hydrogen) atoms. The number of benzene rings is 2. The first-order chi connectivity index (χ1) is 14.5. The molecule has 1 aromatic heterocycles. The molecule has 0 bridgehead atoms. The normalized spacial score (nSPS) is 18.9. The van der Waals surface area contributed by atoms with Crippen molar-refractivity contribution in [2.45, 2.75) is 32.8 Å². The van der Waals surface area contributed by atoms with Gasteiger partial charge in [-0.05, 0) is 61.2 Å². The monoisotopic (exact) mass is 401 g/mol. The van der Waals surface area contributed by atoms with E-state index < -0.39 is 0 Å². The molecule has 152 valence electrons. The highest BCUT2D eigenvalue weighted by Crippen LogP contribution is 2.45. The molecule has 0 amide bonds. The number of nitrogens with zero attached hydrogens (tertiary/aromatic N) is 3. The van der Waals surface area contributed by atoms with Gasteiger partial charge in [-0.15, -0.1) is 0 Å². The summed E-state index contributed by atoms with van der Waals surface area (Å²) in [6.07, 6.45) is 5.07. The Balaban J connectivity index is 1.69. The molecule has 4 nitrogen and oxygen atoms in total. The number of nitriles is 1. The molecule has 0 saturated heterocycles. The highest BCUT2D eigenvalue weighted by molar-refractivity contribution is 5.64. The quantitative estimate of drug-likeness (QED) is 0.536. The minimum absolute atomic E-state index is 0.0911. The third-order valence-electron chi connectivity index (χ3n) is 5.76. The van der Waals surface area contributed by atoms with Gasteiger partial charge in [-0.1, -0.05) is 37.3 Å². The number of hydrogen-bond donors (Lipinski definition) is 0. The lowest BCUT2D eigenvalue weighted by molar-refractivity contribution is 0.0331. The number of fused-ring (bicyclic) bond motifs is 1. The van der Waals surface area contributed by atoms with Crippen LogP contribution in [0.1, 0.15) is 43.2 Å². The molecule has 1 heterocycles. The Kier molecular flexibility index (Phi) is 5.52. The average Bonchev–Trinajstić information content (AvgIpc) is 3.16. The first kappa shape index (κ1) is 20.1. The summed E-state index contributed by atoms with van der Waals surface area (Å²) in [7, 11) is 0. The molecular formula is C25H24FN3O. The van der Waals surface area contributed by atoms with E-state index in [1.807, 2.05) is 37.4 Å². The van der Waals surface area contributed by atoms with Crippen molar-refractivity contribution in [2.75, 3.05) is 6.61 Å². The summed E-state index contributed by atoms with van der Waals surface area (Å²) in [5.41, 5.74) is 4.18. The van der Waals surface area contributed by atoms with Crippen molar-refractivity contribution < 1.29 is 9.13 Å². The predicted molar refractivity (Wildman–Crippen MR) is 114 cm³/mol. The lowest BCUT2D eigenvalue weighted by atomic mass is 9.69. The molecule has 5 heteroatoms. The SMILES string of the molecule is CCO[C@H](CC1(C)Cc2cnn(-c3ccc(F)cc3)c2C=C1C#N)c1ccccc1. The number of aromatic nitrogens is 2. The zero-order valence-electron chi connectivity index (χ0n) is 17.2. The van der Waals surface area contributed by atoms with Gasteiger partial charge in [0.1, 0.15) is 5.82 Å². The molecule has 2 atom stereocenters. The third-order valence-corrected chi connectivity index (χ3v) is 5.76. The number of ether oxygens (including phenoxy) is 1. The summed E-state index contributed by atoms with van der Waals surface area (Å²) in [4.78, 5) is 0. The molecule has 3 aromatic rings. The summed E-state index contributed by atoms with van der Waals surface area (Å²) >= 11 is 0. The molecule has 0 saturated carbocycles. The third kappa shape index (κ3) is 3.79. The zero-order chi connectivity index (χ0) is 21.1. The van der Waals surface area contributed by atoms with Crippen molar-refractivity contribution in [1.29, 1.82) is 5.26 Å². The minimum atomic E-state index is -0.367. The smallest absolute Gasteiger partial charge is 0.123 e. The molecule has 0 spiro atoms. The Labute approximate surface area is 176 Å². The van der Waals surface area contributed by atoms with Crippen molar-refractivity contribution in [3.8, 4) is 11.8 Å². The summed E-state index contributed by atoms with van der Waals surface area (Å²) < 4.78 is 21.1. The summed E-state index contributed by atoms with van der Waals surface area (Å²) in [6, 6.07) is 18.8. The molecule has 0 radical (unpaired) electrons. The Morgan fingerprint density at radius 3 is 2.60 bits per heavy atom. The fraction of sp³-hybridized carbons (Fsp3) is 0.280. The number of rotatable bonds is 6. The standard InChI is InChI=1S/C25H24FN3O/c1-3-30-24(18-7-5-4-6-8-18)15-25(2)14-19-17-28-29(23(19)13-20(25)16-27)22-11-9-21(26)10-12-22/h4-13,17,24H,3,14-15H2,1-2H3/t24-,25?/m1/s1. The lowest BCUT2D eigenvalue weighted by Crippen LogP contribution is -2.28. The van der Waals surface area contributed by atoms with E-state index in [-0.39, 0.29) is 17.3 Å². The van der Waals surface area contributed by atoms with Crippen LogP contribution in [0.2, 0.25) is 0 Å². The van der Waals surface area contributed by atoms with Crippen LogP contribution >= 0.6 is 0 Å². The van der Waals surface area contributed by atoms with Crippen LogP contribution in [0.3, 0.4) is 0 Å². The largest absolute Gasteiger partial charge is 0.374 e. The Morgan fingerprint density at radius 2 is 1.93 bits per heavy atom. The molecule has 0 aliphatic heterocycles. The maximum atomic E-state index is 13.3. The summed E-state index contributed by atoms with van der Waals surface area (Å²) in [5.74, 6) is -0.288. The van der Waals surface area contributed by atoms with Crippen LogP contribution in [0.4, 0.5) is 4.39 Å². The second-order valence-electron chi connectivity index (χ2n) is 7.91. The Bertz CT molecular complexity index is 1100. The molecule has 2 aromatic carbocycles. The van der Waals surface area contributed by atoms with Gasteiger partial charge in [0.05, 0.1) is 29.8 Å². The summed E-state index contributed by atoms with van der Waals surface area (Å²) in [5, 5.41) is 14.5. The van der Waals surface area contributed by atoms with Crippen molar-refractivity contribution in [1.82, 2.24) is 9.78 Å². The zero-order valence-corrected chi connectivity index (χ0v) is 17.2. The first-order valence-electron chi connectivity index (χ1n) is 10.2. The second-order valence-corrected chi connectivity index (χ2v) is 7.91. The minimum Gasteiger partial charge on any atom is -0.374 e. The number of halogens is 1. The molecule has 0 fully saturated rings. The van der Waals surface area contributed by atoms with E-state index in [1.165, 1.54) is 12.1 Å². The Morgan fingerprint density at radius 1 is 1.20 bits per heavy atom. The van der Waals surface area contributed by atoms with Crippen molar-refractivity contribution >= 4 is 6.08 Å². The van der Waals surface area contributed by atoms with Gasteiger partial charge in [0.25, 0.3) is 0 Å². The van der Waals surface area contributed by atoms with Crippen LogP contribution < -0.4 is 0 Å². The van der Waals surface area contributed by atoms with Gasteiger partial charge in [0, 0.05) is 17.6 Å². The van der Waals surface area contributed by atoms with Crippen molar-refractivity contribution in [2.24, 2.45) is 5.41 Å². The van der Waals surface area contributed by atoms with E-state index in [0.29, 0.717) is 25.0 Å². The summed E-state index contributed by atoms with van der Waals surface area (Å²) in [6.45, 7) is 4.72. The average molecular weight is 401 g/mol. The van der Waals surface area contributed by atoms with Gasteiger partial charge in [-0.3, -0.25) is 0 Å². The van der Waals surface area contributed by atoms with Crippen LogP contribution in [-0.2, 0) is 11.2 Å². The van der Waals surface area contributed by atoms with Crippen molar-refractivity contribution in [3.05, 3.63) is 89.0 Å². The van der Waals surface area contributed by atoms with E-state index in [4.69, 9.17) is 4.74 Å². The Hall–Kier alpha value is -3.23. The second kappa shape index (κ2) is 8.25. The van der Waals surface area contributed by atoms with E-state index in [2.05, 4.69) is 30.2 Å². The maximum Gasteiger partial charge on any atom is 0.123 e. The van der Waals surface area contributed by atoms with Gasteiger partial charge in [-0.2, -0.15) is 10.4 Å². The van der Waals surface area contributed by atoms with E-state index in [1.54, 1.807) is 16.8 Å². The fourth-order valence-corrected chi connectivity index (χ4v) is 4.20. The van der Waals surface area contributed by atoms with Crippen LogP contribution in [0.5, 0.6) is 0 Å². The molecule has 4 rings (SSSR count). The highest BCUT2D eigenvalue weighted by atomic mass is 19.1. The van der Waals surface area contributed by atoms with Crippen molar-refractivity contribution in [3.63, 3.8) is 0 Å². The number of allylic oxidation sites excluding steroid dienone is 1. The van der Waals surface area contributed by atoms with Gasteiger partial charge in [-0.25, -0.2) is 9.07 Å². The molecule has 0 N–H and O–H groups in total. The first-order valence-corrected chi connectivity index (χ1v) is 10.2. The predicted octanol–water partition coefficient (Wildman–Crippen LogP) is 5.65. The van der Waals surface area contributed by atoms with Crippen LogP contribution in [0, 0.1) is 22.6 Å². The van der Waals surface area contributed by atoms with Gasteiger partial charge in [0.2, 0.25) is 0 Å². The highest BCUT2D eigenvalue weighted by Gasteiger charge is 2.38. The topological polar surface area (TPSA) is 50.8 Å². The van der Waals surface area contributed by atoms with Crippen LogP contribution in [0.15, 0.2) is 66.4 Å². The lowest BCUT2D eigenvalue weighted by Gasteiger charge is -2.35. The molecular weight excluding hydrogens is 377 g/mol. The maximum absolute atomic E-state index is 13.3. The van der Waals surface area contributed by atoms with Gasteiger partial charge >= 0.3 is 0 Å². The van der Waals surface area contributed by atoms with E-state index >= 15 is 0 Å². The fourth-order valence-electron chi connectivity index (χ4n) is 4.20. The van der Waals surface area contributed by atoms with Gasteiger partial charge < -0.3 is 4.74 Å². The van der Waals surface area contributed by atoms with E-state index in [0.717, 1.165) is 22.5 Å². The molecule has 1 unspecified atom stereocenters. The molecule has 1 aliphatic carbocycles. The van der Waals surface area contributed by atoms with Crippen LogP contribution in [0.25, 0.3) is 11.8 Å². The number of hydrogen-bond acceptors (Lipinski definition) is 3. The van der Waals surface area contributed by atoms with E-state index in [9.17, 15) is 9.65 Å². The van der Waals surface area contributed by atoms with Crippen LogP contribution in [-0.4, -0.2) is 16.4 Å².